The fourth-order valence-corrected chi connectivity index (χ4v) is 2.19. The molecule has 100 valence electrons. The van der Waals surface area contributed by atoms with Crippen molar-refractivity contribution in [2.45, 2.75) is 0 Å². The largest absolute Gasteiger partial charge is 0.313 e. The molecule has 1 aromatic carbocycles. The average molecular weight is 309 g/mol. The van der Waals surface area contributed by atoms with Crippen LogP contribution in [-0.4, -0.2) is 19.5 Å². The number of halogens is 2. The molecular weight excluding hydrogens is 303 g/mol. The zero-order valence-corrected chi connectivity index (χ0v) is 11.3. The standard InChI is InChI=1S/C12H6Cl2N4O2/c13-7-3-4-9(14)8(6-7)11-15-12-10(18(19)20)2-1-5-17(12)16-11/h1-6H. The number of benzene rings is 1. The maximum Gasteiger partial charge on any atom is 0.313 e. The molecule has 0 saturated heterocycles. The van der Waals surface area contributed by atoms with Crippen LogP contribution in [0.15, 0.2) is 36.5 Å². The lowest BCUT2D eigenvalue weighted by molar-refractivity contribution is -0.383. The molecule has 3 aromatic rings. The van der Waals surface area contributed by atoms with Crippen molar-refractivity contribution in [1.82, 2.24) is 14.6 Å². The maximum absolute atomic E-state index is 11.0. The Morgan fingerprint density at radius 2 is 2.05 bits per heavy atom. The van der Waals surface area contributed by atoms with E-state index in [1.165, 1.54) is 16.6 Å². The summed E-state index contributed by atoms with van der Waals surface area (Å²) in [7, 11) is 0. The summed E-state index contributed by atoms with van der Waals surface area (Å²) in [5, 5.41) is 16.1. The molecule has 0 spiro atoms. The number of pyridine rings is 1. The summed E-state index contributed by atoms with van der Waals surface area (Å²) in [6, 6.07) is 7.78. The summed E-state index contributed by atoms with van der Waals surface area (Å²) in [5.74, 6) is 0.284. The van der Waals surface area contributed by atoms with Gasteiger partial charge in [-0.15, -0.1) is 5.10 Å². The first kappa shape index (κ1) is 12.8. The lowest BCUT2D eigenvalue weighted by Gasteiger charge is -1.99. The molecule has 0 aliphatic rings. The summed E-state index contributed by atoms with van der Waals surface area (Å²) >= 11 is 12.0. The third-order valence-corrected chi connectivity index (χ3v) is 3.27. The predicted molar refractivity (Wildman–Crippen MR) is 75.1 cm³/mol. The first-order valence-corrected chi connectivity index (χ1v) is 6.27. The van der Waals surface area contributed by atoms with Gasteiger partial charge in [-0.05, 0) is 24.3 Å². The van der Waals surface area contributed by atoms with Crippen LogP contribution in [-0.2, 0) is 0 Å². The number of hydrogen-bond acceptors (Lipinski definition) is 4. The molecule has 3 rings (SSSR count). The van der Waals surface area contributed by atoms with E-state index in [4.69, 9.17) is 23.2 Å². The predicted octanol–water partition coefficient (Wildman–Crippen LogP) is 3.61. The Balaban J connectivity index is 2.26. The Morgan fingerprint density at radius 3 is 2.80 bits per heavy atom. The Labute approximate surface area is 122 Å². The van der Waals surface area contributed by atoms with E-state index in [0.29, 0.717) is 15.6 Å². The SMILES string of the molecule is O=[N+]([O-])c1cccn2nc(-c3cc(Cl)ccc3Cl)nc12. The minimum atomic E-state index is -0.507. The fraction of sp³-hybridized carbons (Fsp3) is 0. The highest BCUT2D eigenvalue weighted by Crippen LogP contribution is 2.29. The lowest BCUT2D eigenvalue weighted by atomic mass is 10.2. The van der Waals surface area contributed by atoms with Crippen molar-refractivity contribution in [1.29, 1.82) is 0 Å². The van der Waals surface area contributed by atoms with Crippen molar-refractivity contribution < 1.29 is 4.92 Å². The fourth-order valence-electron chi connectivity index (χ4n) is 1.82. The van der Waals surface area contributed by atoms with Crippen molar-refractivity contribution in [2.24, 2.45) is 0 Å². The third kappa shape index (κ3) is 2.09. The molecule has 0 bridgehead atoms. The van der Waals surface area contributed by atoms with Crippen LogP contribution >= 0.6 is 23.2 Å². The highest BCUT2D eigenvalue weighted by Gasteiger charge is 2.18. The second-order valence-electron chi connectivity index (χ2n) is 3.98. The molecule has 2 aromatic heterocycles. The van der Waals surface area contributed by atoms with Crippen LogP contribution in [0.3, 0.4) is 0 Å². The van der Waals surface area contributed by atoms with Crippen LogP contribution in [0, 0.1) is 10.1 Å². The molecule has 0 saturated carbocycles. The quantitative estimate of drug-likeness (QED) is 0.535. The normalized spacial score (nSPS) is 10.9. The van der Waals surface area contributed by atoms with Crippen LogP contribution in [0.2, 0.25) is 10.0 Å². The molecule has 0 amide bonds. The Hall–Kier alpha value is -2.18. The van der Waals surface area contributed by atoms with Gasteiger partial charge < -0.3 is 0 Å². The molecule has 0 fully saturated rings. The molecule has 6 nitrogen and oxygen atoms in total. The van der Waals surface area contributed by atoms with Gasteiger partial charge in [0.05, 0.1) is 9.95 Å². The molecular formula is C12H6Cl2N4O2. The minimum absolute atomic E-state index is 0.121. The number of hydrogen-bond donors (Lipinski definition) is 0. The number of aromatic nitrogens is 3. The smallest absolute Gasteiger partial charge is 0.258 e. The molecule has 0 unspecified atom stereocenters. The topological polar surface area (TPSA) is 73.3 Å². The lowest BCUT2D eigenvalue weighted by Crippen LogP contribution is -1.93. The molecule has 20 heavy (non-hydrogen) atoms. The highest BCUT2D eigenvalue weighted by atomic mass is 35.5. The number of rotatable bonds is 2. The molecule has 0 aliphatic carbocycles. The van der Waals surface area contributed by atoms with Gasteiger partial charge in [0, 0.05) is 22.8 Å². The Morgan fingerprint density at radius 1 is 1.25 bits per heavy atom. The monoisotopic (exact) mass is 308 g/mol. The summed E-state index contributed by atoms with van der Waals surface area (Å²) in [6.45, 7) is 0. The van der Waals surface area contributed by atoms with Crippen LogP contribution in [0.4, 0.5) is 5.69 Å². The number of nitro groups is 1. The van der Waals surface area contributed by atoms with Crippen molar-refractivity contribution in [3.63, 3.8) is 0 Å². The van der Waals surface area contributed by atoms with Crippen LogP contribution in [0.5, 0.6) is 0 Å². The number of fused-ring (bicyclic) bond motifs is 1. The molecule has 0 aliphatic heterocycles. The van der Waals surface area contributed by atoms with E-state index in [9.17, 15) is 10.1 Å². The van der Waals surface area contributed by atoms with E-state index in [0.717, 1.165) is 0 Å². The summed E-state index contributed by atoms with van der Waals surface area (Å²) in [6.07, 6.45) is 1.58. The molecule has 8 heteroatoms. The highest BCUT2D eigenvalue weighted by molar-refractivity contribution is 6.35. The molecule has 0 atom stereocenters. The molecule has 0 radical (unpaired) electrons. The first-order valence-electron chi connectivity index (χ1n) is 5.51. The van der Waals surface area contributed by atoms with Gasteiger partial charge in [-0.25, -0.2) is 9.50 Å². The Bertz CT molecular complexity index is 831. The van der Waals surface area contributed by atoms with E-state index < -0.39 is 4.92 Å². The Kier molecular flexibility index (Phi) is 3.04. The first-order chi connectivity index (χ1) is 9.56. The van der Waals surface area contributed by atoms with Crippen molar-refractivity contribution in [2.75, 3.05) is 0 Å². The average Bonchev–Trinajstić information content (AvgIpc) is 2.84. The van der Waals surface area contributed by atoms with Gasteiger partial charge in [0.15, 0.2) is 5.82 Å². The van der Waals surface area contributed by atoms with Crippen LogP contribution in [0.25, 0.3) is 17.0 Å². The van der Waals surface area contributed by atoms with E-state index >= 15 is 0 Å². The van der Waals surface area contributed by atoms with Gasteiger partial charge >= 0.3 is 5.69 Å². The van der Waals surface area contributed by atoms with Crippen molar-refractivity contribution in [3.05, 3.63) is 56.7 Å². The van der Waals surface area contributed by atoms with E-state index in [1.54, 1.807) is 24.4 Å². The van der Waals surface area contributed by atoms with Gasteiger partial charge in [-0.1, -0.05) is 23.2 Å². The summed E-state index contributed by atoms with van der Waals surface area (Å²) in [5.41, 5.74) is 0.560. The number of nitrogens with zero attached hydrogens (tertiary/aromatic N) is 4. The maximum atomic E-state index is 11.0. The van der Waals surface area contributed by atoms with E-state index in [2.05, 4.69) is 10.1 Å². The third-order valence-electron chi connectivity index (χ3n) is 2.71. The van der Waals surface area contributed by atoms with Gasteiger partial charge in [-0.2, -0.15) is 0 Å². The van der Waals surface area contributed by atoms with Crippen LogP contribution in [0.1, 0.15) is 0 Å². The zero-order chi connectivity index (χ0) is 14.3. The van der Waals surface area contributed by atoms with Gasteiger partial charge in [-0.3, -0.25) is 10.1 Å². The zero-order valence-electron chi connectivity index (χ0n) is 9.83. The van der Waals surface area contributed by atoms with Crippen molar-refractivity contribution >= 4 is 34.5 Å². The van der Waals surface area contributed by atoms with Gasteiger partial charge in [0.2, 0.25) is 5.65 Å². The van der Waals surface area contributed by atoms with E-state index in [-0.39, 0.29) is 17.2 Å². The minimum Gasteiger partial charge on any atom is -0.258 e. The molecule has 2 heterocycles. The summed E-state index contributed by atoms with van der Waals surface area (Å²) < 4.78 is 1.34. The van der Waals surface area contributed by atoms with Gasteiger partial charge in [0.25, 0.3) is 0 Å². The van der Waals surface area contributed by atoms with Crippen molar-refractivity contribution in [3.8, 4) is 11.4 Å². The van der Waals surface area contributed by atoms with Gasteiger partial charge in [0.1, 0.15) is 0 Å². The molecule has 0 N–H and O–H groups in total. The van der Waals surface area contributed by atoms with Crippen LogP contribution < -0.4 is 0 Å². The summed E-state index contributed by atoms with van der Waals surface area (Å²) in [4.78, 5) is 14.6. The second kappa shape index (κ2) is 4.73. The second-order valence-corrected chi connectivity index (χ2v) is 4.82. The van der Waals surface area contributed by atoms with E-state index in [1.807, 2.05) is 0 Å².